The van der Waals surface area contributed by atoms with E-state index in [0.29, 0.717) is 11.8 Å². The first kappa shape index (κ1) is 37.2. The second-order valence-corrected chi connectivity index (χ2v) is 14.6. The third-order valence-corrected chi connectivity index (χ3v) is 12.5. The predicted molar refractivity (Wildman–Crippen MR) is 183 cm³/mol. The van der Waals surface area contributed by atoms with Crippen LogP contribution >= 0.6 is 0 Å². The van der Waals surface area contributed by atoms with Gasteiger partial charge >= 0.3 is 23.9 Å². The largest absolute Gasteiger partial charge is 0.497 e. The van der Waals surface area contributed by atoms with Gasteiger partial charge in [0.1, 0.15) is 24.7 Å². The van der Waals surface area contributed by atoms with Gasteiger partial charge in [0.2, 0.25) is 0 Å². The molecule has 0 amide bonds. The van der Waals surface area contributed by atoms with E-state index in [1.807, 2.05) is 48.5 Å². The van der Waals surface area contributed by atoms with Crippen molar-refractivity contribution in [1.29, 1.82) is 0 Å². The monoisotopic (exact) mass is 692 g/mol. The van der Waals surface area contributed by atoms with Crippen molar-refractivity contribution in [2.24, 2.45) is 71.0 Å². The normalized spacial score (nSPS) is 33.1. The third kappa shape index (κ3) is 7.21. The molecule has 4 fully saturated rings. The number of methoxy groups -OCH3 is 4. The number of carbonyl (C=O) groups excluding carboxylic acids is 4. The Morgan fingerprint density at radius 3 is 1.04 bits per heavy atom. The lowest BCUT2D eigenvalue weighted by molar-refractivity contribution is -0.162. The molecule has 2 aromatic rings. The molecule has 4 aliphatic rings. The van der Waals surface area contributed by atoms with Gasteiger partial charge in [0.15, 0.2) is 0 Å². The van der Waals surface area contributed by atoms with Crippen LogP contribution in [-0.2, 0) is 51.3 Å². The second-order valence-electron chi connectivity index (χ2n) is 14.6. The zero-order valence-electron chi connectivity index (χ0n) is 30.5. The fourth-order valence-electron chi connectivity index (χ4n) is 9.88. The lowest BCUT2D eigenvalue weighted by atomic mass is 9.69. The first-order chi connectivity index (χ1) is 23.9. The molecule has 0 saturated heterocycles. The highest BCUT2D eigenvalue weighted by Crippen LogP contribution is 2.59. The summed E-state index contributed by atoms with van der Waals surface area (Å²) in [6.45, 7) is 8.88. The lowest BCUT2D eigenvalue weighted by Gasteiger charge is -2.35. The average molecular weight is 693 g/mol. The Hall–Kier alpha value is -4.08. The molecule has 4 saturated carbocycles. The van der Waals surface area contributed by atoms with Gasteiger partial charge in [-0.15, -0.1) is 0 Å². The number of hydrogen-bond donors (Lipinski definition) is 0. The van der Waals surface area contributed by atoms with Crippen molar-refractivity contribution < 1.29 is 47.6 Å². The molecule has 4 unspecified atom stereocenters. The predicted octanol–water partition coefficient (Wildman–Crippen LogP) is 6.13. The van der Waals surface area contributed by atoms with Crippen LogP contribution in [0.4, 0.5) is 0 Å². The summed E-state index contributed by atoms with van der Waals surface area (Å²) >= 11 is 0. The highest BCUT2D eigenvalue weighted by molar-refractivity contribution is 5.79. The Labute approximate surface area is 295 Å². The topological polar surface area (TPSA) is 124 Å². The molecule has 0 spiro atoms. The molecule has 4 bridgehead atoms. The van der Waals surface area contributed by atoms with Crippen molar-refractivity contribution in [2.45, 2.75) is 53.8 Å². The van der Waals surface area contributed by atoms with Gasteiger partial charge in [-0.1, -0.05) is 52.0 Å². The molecule has 0 radical (unpaired) electrons. The Morgan fingerprint density at radius 1 is 0.480 bits per heavy atom. The summed E-state index contributed by atoms with van der Waals surface area (Å²) in [4.78, 5) is 49.7. The minimum atomic E-state index is -0.219. The van der Waals surface area contributed by atoms with Gasteiger partial charge in [0, 0.05) is 0 Å². The standard InChI is InChI=1S/2C20H26O5/c2*1-11-15-9-16(17(11)19(21)24-4)18(12(15)2)20(22)25-10-13-5-7-14(23-3)8-6-13/h2*5-8,11-12,15-18H,9-10H2,1-4H3/t11-,12-,15?,16?,17+,18+;11-,12-,15?,16?,17-,18-/m11/s1. The van der Waals surface area contributed by atoms with Gasteiger partial charge in [-0.25, -0.2) is 0 Å². The molecule has 0 N–H and O–H groups in total. The van der Waals surface area contributed by atoms with Gasteiger partial charge in [-0.2, -0.15) is 0 Å². The van der Waals surface area contributed by atoms with Crippen LogP contribution in [-0.4, -0.2) is 52.3 Å². The number of fused-ring (bicyclic) bond motifs is 4. The first-order valence-corrected chi connectivity index (χ1v) is 17.7. The van der Waals surface area contributed by atoms with E-state index in [2.05, 4.69) is 27.7 Å². The highest BCUT2D eigenvalue weighted by atomic mass is 16.5. The molecule has 272 valence electrons. The molecule has 50 heavy (non-hydrogen) atoms. The molecule has 4 aliphatic carbocycles. The lowest BCUT2D eigenvalue weighted by Crippen LogP contribution is -2.41. The van der Waals surface area contributed by atoms with Crippen molar-refractivity contribution in [2.75, 3.05) is 28.4 Å². The maximum absolute atomic E-state index is 12.7. The Bertz CT molecular complexity index is 1390. The fraction of sp³-hybridized carbons (Fsp3) is 0.600. The Kier molecular flexibility index (Phi) is 11.8. The number of rotatable bonds is 10. The molecule has 6 rings (SSSR count). The highest BCUT2D eigenvalue weighted by Gasteiger charge is 2.61. The van der Waals surface area contributed by atoms with Crippen LogP contribution in [0.25, 0.3) is 0 Å². The van der Waals surface area contributed by atoms with Crippen molar-refractivity contribution in [3.8, 4) is 11.5 Å². The van der Waals surface area contributed by atoms with Crippen LogP contribution in [0.1, 0.15) is 51.7 Å². The van der Waals surface area contributed by atoms with Gasteiger partial charge in [-0.3, -0.25) is 19.2 Å². The zero-order chi connectivity index (χ0) is 36.3. The molecule has 0 aliphatic heterocycles. The summed E-state index contributed by atoms with van der Waals surface area (Å²) in [5, 5.41) is 0. The van der Waals surface area contributed by atoms with Crippen LogP contribution in [0.5, 0.6) is 11.5 Å². The van der Waals surface area contributed by atoms with Gasteiger partial charge in [0.25, 0.3) is 0 Å². The molecular weight excluding hydrogens is 640 g/mol. The van der Waals surface area contributed by atoms with Crippen LogP contribution in [0.3, 0.4) is 0 Å². The zero-order valence-corrected chi connectivity index (χ0v) is 30.5. The van der Waals surface area contributed by atoms with E-state index in [1.165, 1.54) is 14.2 Å². The summed E-state index contributed by atoms with van der Waals surface area (Å²) in [6, 6.07) is 14.9. The summed E-state index contributed by atoms with van der Waals surface area (Å²) in [5.74, 6) is 1.77. The van der Waals surface area contributed by atoms with E-state index < -0.39 is 0 Å². The van der Waals surface area contributed by atoms with Gasteiger partial charge < -0.3 is 28.4 Å². The van der Waals surface area contributed by atoms with E-state index >= 15 is 0 Å². The molecule has 2 aromatic carbocycles. The van der Waals surface area contributed by atoms with E-state index in [1.54, 1.807) is 14.2 Å². The maximum atomic E-state index is 12.7. The average Bonchev–Trinajstić information content (AvgIpc) is 3.86. The maximum Gasteiger partial charge on any atom is 0.309 e. The van der Waals surface area contributed by atoms with E-state index in [0.717, 1.165) is 35.5 Å². The number of esters is 4. The summed E-state index contributed by atoms with van der Waals surface area (Å²) in [6.07, 6.45) is 1.81. The molecule has 0 aromatic heterocycles. The van der Waals surface area contributed by atoms with Gasteiger partial charge in [-0.05, 0) is 95.6 Å². The van der Waals surface area contributed by atoms with Crippen molar-refractivity contribution in [3.05, 3.63) is 59.7 Å². The minimum absolute atomic E-state index is 0.0332. The van der Waals surface area contributed by atoms with Crippen LogP contribution in [0.2, 0.25) is 0 Å². The molecular formula is C40H52O10. The van der Waals surface area contributed by atoms with Crippen molar-refractivity contribution in [1.82, 2.24) is 0 Å². The number of ether oxygens (including phenoxy) is 6. The quantitative estimate of drug-likeness (QED) is 0.212. The van der Waals surface area contributed by atoms with Crippen LogP contribution < -0.4 is 9.47 Å². The third-order valence-electron chi connectivity index (χ3n) is 12.5. The summed E-state index contributed by atoms with van der Waals surface area (Å²) < 4.78 is 31.3. The minimum Gasteiger partial charge on any atom is -0.497 e. The second kappa shape index (κ2) is 15.9. The Morgan fingerprint density at radius 2 is 0.780 bits per heavy atom. The summed E-state index contributed by atoms with van der Waals surface area (Å²) in [7, 11) is 6.07. The van der Waals surface area contributed by atoms with Crippen LogP contribution in [0.15, 0.2) is 48.5 Å². The molecule has 10 nitrogen and oxygen atoms in total. The molecule has 10 heteroatoms. The smallest absolute Gasteiger partial charge is 0.309 e. The van der Waals surface area contributed by atoms with E-state index in [4.69, 9.17) is 28.4 Å². The van der Waals surface area contributed by atoms with E-state index in [9.17, 15) is 19.2 Å². The fourth-order valence-corrected chi connectivity index (χ4v) is 9.88. The van der Waals surface area contributed by atoms with E-state index in [-0.39, 0.29) is 96.3 Å². The van der Waals surface area contributed by atoms with Crippen LogP contribution in [0, 0.1) is 71.0 Å². The number of carbonyl (C=O) groups is 4. The van der Waals surface area contributed by atoms with Crippen molar-refractivity contribution >= 4 is 23.9 Å². The summed E-state index contributed by atoms with van der Waals surface area (Å²) in [5.41, 5.74) is 1.84. The van der Waals surface area contributed by atoms with Crippen molar-refractivity contribution in [3.63, 3.8) is 0 Å². The van der Waals surface area contributed by atoms with Gasteiger partial charge in [0.05, 0.1) is 52.1 Å². The Balaban J connectivity index is 0.000000194. The number of benzene rings is 2. The SMILES string of the molecule is COC(=O)[C@@H]1C2CC([C@H]1C)[C@@H](C)[C@@H]2C(=O)OCc1ccc(OC)cc1.COC(=O)[C@H]1C2CC([C@H]1C)[C@@H](C)[C@H]2C(=O)OCc1ccc(OC)cc1. The first-order valence-electron chi connectivity index (χ1n) is 17.7. The molecule has 0 heterocycles. The number of hydrogen-bond acceptors (Lipinski definition) is 10. The molecule has 12 atom stereocenters.